The number of carbonyl (C=O) groups excluding carboxylic acids is 1. The molecule has 1 fully saturated rings. The number of aromatic nitrogens is 1. The van der Waals surface area contributed by atoms with Gasteiger partial charge >= 0.3 is 6.09 Å². The number of ether oxygens (including phenoxy) is 1. The highest BCUT2D eigenvalue weighted by Crippen LogP contribution is 2.40. The molecule has 4 rings (SSSR count). The summed E-state index contributed by atoms with van der Waals surface area (Å²) >= 11 is 0. The molecule has 0 radical (unpaired) electrons. The van der Waals surface area contributed by atoms with E-state index in [-0.39, 0.29) is 18.5 Å². The van der Waals surface area contributed by atoms with E-state index in [9.17, 15) is 18.7 Å². The van der Waals surface area contributed by atoms with Gasteiger partial charge < -0.3 is 14.7 Å². The first kappa shape index (κ1) is 22.9. The summed E-state index contributed by atoms with van der Waals surface area (Å²) < 4.78 is 32.9. The minimum Gasteiger partial charge on any atom is -0.438 e. The molecule has 1 aliphatic rings. The third-order valence-corrected chi connectivity index (χ3v) is 6.28. The average Bonchev–Trinajstić information content (AvgIpc) is 2.83. The fraction of sp³-hybridized carbons (Fsp3) is 0.308. The van der Waals surface area contributed by atoms with E-state index < -0.39 is 17.5 Å². The molecular weight excluding hydrogens is 426 g/mol. The number of cyclic esters (lactones) is 1. The predicted molar refractivity (Wildman–Crippen MR) is 120 cm³/mol. The van der Waals surface area contributed by atoms with Gasteiger partial charge in [0, 0.05) is 31.3 Å². The summed E-state index contributed by atoms with van der Waals surface area (Å²) in [6.07, 6.45) is 3.77. The summed E-state index contributed by atoms with van der Waals surface area (Å²) in [7, 11) is 0. The lowest BCUT2D eigenvalue weighted by Gasteiger charge is -2.43. The van der Waals surface area contributed by atoms with Crippen LogP contribution in [-0.2, 0) is 10.3 Å². The van der Waals surface area contributed by atoms with Crippen LogP contribution in [0.3, 0.4) is 0 Å². The molecule has 1 saturated heterocycles. The Morgan fingerprint density at radius 2 is 1.79 bits per heavy atom. The van der Waals surface area contributed by atoms with Gasteiger partial charge in [-0.05, 0) is 54.7 Å². The topological polar surface area (TPSA) is 62.7 Å². The molecule has 1 unspecified atom stereocenters. The van der Waals surface area contributed by atoms with Crippen LogP contribution in [0.1, 0.15) is 43.4 Å². The van der Waals surface area contributed by atoms with Crippen LogP contribution in [0.5, 0.6) is 0 Å². The van der Waals surface area contributed by atoms with Crippen molar-refractivity contribution < 1.29 is 23.4 Å². The molecule has 33 heavy (non-hydrogen) atoms. The molecule has 2 atom stereocenters. The number of halogens is 2. The SMILES string of the molecule is C[C@@H](c1ccc(-c2cncc(F)c2)cc1)N1CCC(CCCO)(c2ccc(F)cc2)OC1=O. The van der Waals surface area contributed by atoms with E-state index in [1.807, 2.05) is 31.2 Å². The Labute approximate surface area is 191 Å². The minimum absolute atomic E-state index is 0.0200. The molecular formula is C26H26F2N2O3. The standard InChI is InChI=1S/C26H26F2N2O3/c1-18(19-3-5-20(6-4-19)21-15-24(28)17-29-16-21)30-13-12-26(11-2-14-31,33-25(30)32)22-7-9-23(27)10-8-22/h3-10,15-18,31H,2,11-14H2,1H3/t18-,26?/m0/s1. The number of pyridine rings is 1. The van der Waals surface area contributed by atoms with Gasteiger partial charge in [-0.3, -0.25) is 4.98 Å². The zero-order valence-electron chi connectivity index (χ0n) is 18.4. The quantitative estimate of drug-likeness (QED) is 0.507. The third-order valence-electron chi connectivity index (χ3n) is 6.28. The van der Waals surface area contributed by atoms with Gasteiger partial charge in [-0.1, -0.05) is 36.4 Å². The lowest BCUT2D eigenvalue weighted by molar-refractivity contribution is -0.0680. The monoisotopic (exact) mass is 452 g/mol. The van der Waals surface area contributed by atoms with Crippen LogP contribution in [0.4, 0.5) is 13.6 Å². The van der Waals surface area contributed by atoms with Gasteiger partial charge in [0.2, 0.25) is 0 Å². The molecule has 0 aliphatic carbocycles. The van der Waals surface area contributed by atoms with Crippen molar-refractivity contribution in [3.8, 4) is 11.1 Å². The Kier molecular flexibility index (Phi) is 6.70. The highest BCUT2D eigenvalue weighted by atomic mass is 19.1. The van der Waals surface area contributed by atoms with Gasteiger partial charge in [0.1, 0.15) is 17.2 Å². The Morgan fingerprint density at radius 3 is 2.42 bits per heavy atom. The van der Waals surface area contributed by atoms with Gasteiger partial charge in [-0.15, -0.1) is 0 Å². The van der Waals surface area contributed by atoms with Gasteiger partial charge in [0.15, 0.2) is 0 Å². The van der Waals surface area contributed by atoms with Crippen LogP contribution in [0.15, 0.2) is 67.0 Å². The van der Waals surface area contributed by atoms with E-state index in [2.05, 4.69) is 4.98 Å². The van der Waals surface area contributed by atoms with Crippen molar-refractivity contribution in [2.75, 3.05) is 13.2 Å². The molecule has 1 aromatic heterocycles. The van der Waals surface area contributed by atoms with Crippen LogP contribution in [0, 0.1) is 11.6 Å². The summed E-state index contributed by atoms with van der Waals surface area (Å²) in [6.45, 7) is 2.37. The zero-order chi connectivity index (χ0) is 23.4. The highest BCUT2D eigenvalue weighted by Gasteiger charge is 2.43. The Hall–Kier alpha value is -3.32. The number of hydrogen-bond donors (Lipinski definition) is 1. The number of carbonyl (C=O) groups is 1. The van der Waals surface area contributed by atoms with Gasteiger partial charge in [0.25, 0.3) is 0 Å². The normalized spacial score (nSPS) is 19.3. The Morgan fingerprint density at radius 1 is 1.06 bits per heavy atom. The lowest BCUT2D eigenvalue weighted by atomic mass is 9.84. The Balaban J connectivity index is 1.51. The second kappa shape index (κ2) is 9.67. The molecule has 0 spiro atoms. The molecule has 2 aromatic carbocycles. The van der Waals surface area contributed by atoms with Crippen LogP contribution in [0.2, 0.25) is 0 Å². The fourth-order valence-electron chi connectivity index (χ4n) is 4.37. The number of aliphatic hydroxyl groups excluding tert-OH is 1. The maximum Gasteiger partial charge on any atom is 0.411 e. The van der Waals surface area contributed by atoms with Gasteiger partial charge in [0.05, 0.1) is 12.2 Å². The van der Waals surface area contributed by atoms with Crippen molar-refractivity contribution in [3.05, 3.63) is 89.8 Å². The molecule has 5 nitrogen and oxygen atoms in total. The van der Waals surface area contributed by atoms with E-state index in [1.54, 1.807) is 23.2 Å². The molecule has 7 heteroatoms. The van der Waals surface area contributed by atoms with Crippen molar-refractivity contribution in [1.29, 1.82) is 0 Å². The summed E-state index contributed by atoms with van der Waals surface area (Å²) in [5.41, 5.74) is 2.27. The van der Waals surface area contributed by atoms with Crippen molar-refractivity contribution in [2.24, 2.45) is 0 Å². The predicted octanol–water partition coefficient (Wildman–Crippen LogP) is 5.60. The summed E-state index contributed by atoms with van der Waals surface area (Å²) in [4.78, 5) is 18.6. The lowest BCUT2D eigenvalue weighted by Crippen LogP contribution is -2.48. The number of aliphatic hydroxyl groups is 1. The fourth-order valence-corrected chi connectivity index (χ4v) is 4.37. The summed E-state index contributed by atoms with van der Waals surface area (Å²) in [5.74, 6) is -0.752. The average molecular weight is 453 g/mol. The van der Waals surface area contributed by atoms with Crippen LogP contribution in [-0.4, -0.2) is 34.2 Å². The second-order valence-electron chi connectivity index (χ2n) is 8.33. The highest BCUT2D eigenvalue weighted by molar-refractivity contribution is 5.70. The van der Waals surface area contributed by atoms with Crippen LogP contribution < -0.4 is 0 Å². The largest absolute Gasteiger partial charge is 0.438 e. The van der Waals surface area contributed by atoms with Crippen LogP contribution >= 0.6 is 0 Å². The first-order valence-electron chi connectivity index (χ1n) is 11.0. The minimum atomic E-state index is -0.891. The molecule has 2 heterocycles. The number of nitrogens with zero attached hydrogens (tertiary/aromatic N) is 2. The van der Waals surface area contributed by atoms with Crippen LogP contribution in [0.25, 0.3) is 11.1 Å². The summed E-state index contributed by atoms with van der Waals surface area (Å²) in [6, 6.07) is 14.7. The molecule has 3 aromatic rings. The van der Waals surface area contributed by atoms with E-state index in [1.165, 1.54) is 18.2 Å². The molecule has 1 amide bonds. The molecule has 0 bridgehead atoms. The molecule has 0 saturated carbocycles. The van der Waals surface area contributed by atoms with E-state index >= 15 is 0 Å². The number of rotatable bonds is 7. The zero-order valence-corrected chi connectivity index (χ0v) is 18.4. The second-order valence-corrected chi connectivity index (χ2v) is 8.33. The number of benzene rings is 2. The van der Waals surface area contributed by atoms with Crippen molar-refractivity contribution in [2.45, 2.75) is 37.8 Å². The summed E-state index contributed by atoms with van der Waals surface area (Å²) in [5, 5.41) is 9.34. The maximum absolute atomic E-state index is 13.5. The molecule has 1 N–H and O–H groups in total. The van der Waals surface area contributed by atoms with E-state index in [0.717, 1.165) is 22.9 Å². The van der Waals surface area contributed by atoms with Gasteiger partial charge in [-0.25, -0.2) is 13.6 Å². The molecule has 1 aliphatic heterocycles. The smallest absolute Gasteiger partial charge is 0.411 e. The van der Waals surface area contributed by atoms with Crippen molar-refractivity contribution in [3.63, 3.8) is 0 Å². The number of hydrogen-bond acceptors (Lipinski definition) is 4. The van der Waals surface area contributed by atoms with E-state index in [4.69, 9.17) is 4.74 Å². The third kappa shape index (κ3) is 4.88. The first-order chi connectivity index (χ1) is 15.9. The first-order valence-corrected chi connectivity index (χ1v) is 11.0. The Bertz CT molecular complexity index is 1110. The van der Waals surface area contributed by atoms with Gasteiger partial charge in [-0.2, -0.15) is 0 Å². The molecule has 172 valence electrons. The van der Waals surface area contributed by atoms with Crippen molar-refractivity contribution >= 4 is 6.09 Å². The maximum atomic E-state index is 13.5. The van der Waals surface area contributed by atoms with Crippen molar-refractivity contribution in [1.82, 2.24) is 9.88 Å². The number of amides is 1. The van der Waals surface area contributed by atoms with E-state index in [0.29, 0.717) is 31.4 Å².